The molecule has 0 bridgehead atoms. The maximum Gasteiger partial charge on any atom is 0.259 e. The van der Waals surface area contributed by atoms with Crippen molar-refractivity contribution in [2.75, 3.05) is 5.32 Å². The number of anilines is 1. The van der Waals surface area contributed by atoms with Crippen LogP contribution >= 0.6 is 11.3 Å². The van der Waals surface area contributed by atoms with E-state index in [2.05, 4.69) is 5.32 Å². The van der Waals surface area contributed by atoms with E-state index in [-0.39, 0.29) is 11.1 Å². The minimum Gasteiger partial charge on any atom is -0.366 e. The summed E-state index contributed by atoms with van der Waals surface area (Å²) in [5.74, 6) is -1.86. The summed E-state index contributed by atoms with van der Waals surface area (Å²) in [6.45, 7) is 1.79. The molecule has 0 saturated carbocycles. The van der Waals surface area contributed by atoms with Gasteiger partial charge in [-0.3, -0.25) is 9.59 Å². The summed E-state index contributed by atoms with van der Waals surface area (Å²) in [6.07, 6.45) is 0. The molecule has 3 N–H and O–H groups in total. The lowest BCUT2D eigenvalue weighted by Crippen LogP contribution is -2.17. The molecule has 98 valence electrons. The highest BCUT2D eigenvalue weighted by Crippen LogP contribution is 2.27. The van der Waals surface area contributed by atoms with Gasteiger partial charge in [-0.15, -0.1) is 11.3 Å². The van der Waals surface area contributed by atoms with Gasteiger partial charge in [0.25, 0.3) is 11.8 Å². The summed E-state index contributed by atoms with van der Waals surface area (Å²) in [7, 11) is 0. The van der Waals surface area contributed by atoms with Gasteiger partial charge in [-0.1, -0.05) is 12.1 Å². The highest BCUT2D eigenvalue weighted by atomic mass is 32.1. The fourth-order valence-corrected chi connectivity index (χ4v) is 2.52. The Morgan fingerprint density at radius 1 is 1.26 bits per heavy atom. The first-order valence-corrected chi connectivity index (χ1v) is 6.27. The third-order valence-corrected chi connectivity index (χ3v) is 3.43. The van der Waals surface area contributed by atoms with E-state index in [1.54, 1.807) is 19.1 Å². The molecule has 0 radical (unpaired) electrons. The van der Waals surface area contributed by atoms with E-state index in [4.69, 9.17) is 5.73 Å². The van der Waals surface area contributed by atoms with Gasteiger partial charge in [0.05, 0.1) is 11.1 Å². The first-order chi connectivity index (χ1) is 8.99. The number of nitrogens with one attached hydrogen (secondary N) is 1. The second-order valence-electron chi connectivity index (χ2n) is 3.90. The summed E-state index contributed by atoms with van der Waals surface area (Å²) in [6, 6.07) is 7.21. The molecule has 2 amide bonds. The number of amides is 2. The Morgan fingerprint density at radius 3 is 2.58 bits per heavy atom. The monoisotopic (exact) mass is 278 g/mol. The van der Waals surface area contributed by atoms with E-state index in [9.17, 15) is 14.0 Å². The van der Waals surface area contributed by atoms with E-state index >= 15 is 0 Å². The summed E-state index contributed by atoms with van der Waals surface area (Å²) < 4.78 is 13.5. The molecule has 1 aromatic heterocycles. The molecule has 0 aliphatic carbocycles. The number of benzene rings is 1. The van der Waals surface area contributed by atoms with Gasteiger partial charge >= 0.3 is 0 Å². The van der Waals surface area contributed by atoms with Crippen LogP contribution in [0, 0.1) is 12.7 Å². The van der Waals surface area contributed by atoms with Crippen LogP contribution in [0.2, 0.25) is 0 Å². The molecule has 0 unspecified atom stereocenters. The van der Waals surface area contributed by atoms with Crippen molar-refractivity contribution >= 4 is 28.2 Å². The quantitative estimate of drug-likeness (QED) is 0.905. The van der Waals surface area contributed by atoms with Gasteiger partial charge in [0.2, 0.25) is 0 Å². The highest BCUT2D eigenvalue weighted by Gasteiger charge is 2.17. The van der Waals surface area contributed by atoms with Crippen molar-refractivity contribution in [3.05, 3.63) is 52.2 Å². The number of carbonyl (C=O) groups is 2. The number of nitrogens with two attached hydrogens (primary N) is 1. The standard InChI is InChI=1S/C13H11FN2O2S/c1-7-6-9(11(15)17)13(19-7)16-12(18)8-4-2-3-5-10(8)14/h2-6H,1H3,(H2,15,17)(H,16,18). The second-order valence-corrected chi connectivity index (χ2v) is 5.15. The number of aryl methyl sites for hydroxylation is 1. The lowest BCUT2D eigenvalue weighted by molar-refractivity contribution is 0.100. The molecule has 0 spiro atoms. The Balaban J connectivity index is 2.29. The van der Waals surface area contributed by atoms with Crippen LogP contribution in [0.3, 0.4) is 0 Å². The van der Waals surface area contributed by atoms with Crippen LogP contribution in [-0.4, -0.2) is 11.8 Å². The first kappa shape index (κ1) is 13.2. The van der Waals surface area contributed by atoms with E-state index < -0.39 is 17.6 Å². The molecule has 0 atom stereocenters. The van der Waals surface area contributed by atoms with Gasteiger partial charge in [-0.25, -0.2) is 4.39 Å². The van der Waals surface area contributed by atoms with Crippen LogP contribution in [0.4, 0.5) is 9.39 Å². The molecule has 0 aliphatic rings. The number of halogens is 1. The van der Waals surface area contributed by atoms with Crippen molar-refractivity contribution < 1.29 is 14.0 Å². The van der Waals surface area contributed by atoms with Crippen molar-refractivity contribution in [1.82, 2.24) is 0 Å². The van der Waals surface area contributed by atoms with E-state index in [0.29, 0.717) is 5.00 Å². The van der Waals surface area contributed by atoms with Gasteiger partial charge in [0.1, 0.15) is 10.8 Å². The maximum atomic E-state index is 13.5. The van der Waals surface area contributed by atoms with Crippen molar-refractivity contribution in [3.8, 4) is 0 Å². The lowest BCUT2D eigenvalue weighted by Gasteiger charge is -2.05. The van der Waals surface area contributed by atoms with Gasteiger partial charge < -0.3 is 11.1 Å². The van der Waals surface area contributed by atoms with Crippen LogP contribution in [0.5, 0.6) is 0 Å². The Morgan fingerprint density at radius 2 is 1.95 bits per heavy atom. The molecular weight excluding hydrogens is 267 g/mol. The predicted molar refractivity (Wildman–Crippen MR) is 71.9 cm³/mol. The van der Waals surface area contributed by atoms with Crippen LogP contribution in [0.25, 0.3) is 0 Å². The number of thiophene rings is 1. The van der Waals surface area contributed by atoms with Crippen LogP contribution < -0.4 is 11.1 Å². The van der Waals surface area contributed by atoms with Gasteiger partial charge in [-0.05, 0) is 25.1 Å². The van der Waals surface area contributed by atoms with E-state index in [1.165, 1.54) is 29.5 Å². The van der Waals surface area contributed by atoms with Gasteiger partial charge in [0.15, 0.2) is 0 Å². The number of hydrogen-bond acceptors (Lipinski definition) is 3. The summed E-state index contributed by atoms with van der Waals surface area (Å²) in [5.41, 5.74) is 5.36. The second kappa shape index (κ2) is 5.19. The predicted octanol–water partition coefficient (Wildman–Crippen LogP) is 2.55. The van der Waals surface area contributed by atoms with E-state index in [0.717, 1.165) is 4.88 Å². The topological polar surface area (TPSA) is 72.2 Å². The normalized spacial score (nSPS) is 10.2. The van der Waals surface area contributed by atoms with Gasteiger partial charge in [0, 0.05) is 4.88 Å². The van der Waals surface area contributed by atoms with Crippen LogP contribution in [0.1, 0.15) is 25.6 Å². The van der Waals surface area contributed by atoms with E-state index in [1.807, 2.05) is 0 Å². The zero-order valence-electron chi connectivity index (χ0n) is 10.1. The molecule has 0 saturated heterocycles. The lowest BCUT2D eigenvalue weighted by atomic mass is 10.2. The highest BCUT2D eigenvalue weighted by molar-refractivity contribution is 7.16. The zero-order chi connectivity index (χ0) is 14.0. The first-order valence-electron chi connectivity index (χ1n) is 5.45. The molecular formula is C13H11FN2O2S. The molecule has 2 aromatic rings. The molecule has 19 heavy (non-hydrogen) atoms. The minimum atomic E-state index is -0.631. The summed E-state index contributed by atoms with van der Waals surface area (Å²) in [4.78, 5) is 24.0. The molecule has 1 aromatic carbocycles. The molecule has 1 heterocycles. The third-order valence-electron chi connectivity index (χ3n) is 2.47. The smallest absolute Gasteiger partial charge is 0.259 e. The number of carbonyl (C=O) groups excluding carboxylic acids is 2. The van der Waals surface area contributed by atoms with Crippen LogP contribution in [-0.2, 0) is 0 Å². The summed E-state index contributed by atoms with van der Waals surface area (Å²) in [5, 5.41) is 2.84. The Bertz CT molecular complexity index is 652. The Labute approximate surface area is 113 Å². The fourth-order valence-electron chi connectivity index (χ4n) is 1.61. The van der Waals surface area contributed by atoms with Crippen molar-refractivity contribution in [1.29, 1.82) is 0 Å². The average molecular weight is 278 g/mol. The largest absolute Gasteiger partial charge is 0.366 e. The molecule has 4 nitrogen and oxygen atoms in total. The van der Waals surface area contributed by atoms with Crippen LogP contribution in [0.15, 0.2) is 30.3 Å². The van der Waals surface area contributed by atoms with Crippen molar-refractivity contribution in [2.45, 2.75) is 6.92 Å². The number of rotatable bonds is 3. The molecule has 0 fully saturated rings. The number of primary amides is 1. The van der Waals surface area contributed by atoms with Crippen molar-refractivity contribution in [3.63, 3.8) is 0 Å². The fraction of sp³-hybridized carbons (Fsp3) is 0.0769. The summed E-state index contributed by atoms with van der Waals surface area (Å²) >= 11 is 1.22. The Kier molecular flexibility index (Phi) is 3.62. The molecule has 0 aliphatic heterocycles. The average Bonchev–Trinajstić information content (AvgIpc) is 2.70. The minimum absolute atomic E-state index is 0.0797. The maximum absolute atomic E-state index is 13.5. The van der Waals surface area contributed by atoms with Crippen molar-refractivity contribution in [2.24, 2.45) is 5.73 Å². The number of hydrogen-bond donors (Lipinski definition) is 2. The zero-order valence-corrected chi connectivity index (χ0v) is 10.9. The Hall–Kier alpha value is -2.21. The SMILES string of the molecule is Cc1cc(C(N)=O)c(NC(=O)c2ccccc2F)s1. The van der Waals surface area contributed by atoms with Gasteiger partial charge in [-0.2, -0.15) is 0 Å². The molecule has 2 rings (SSSR count). The molecule has 6 heteroatoms. The third kappa shape index (κ3) is 2.79.